The molecule has 0 aromatic rings. The molecule has 5 nitrogen and oxygen atoms in total. The summed E-state index contributed by atoms with van der Waals surface area (Å²) >= 11 is 0. The molecule has 3 fully saturated rings. The molecule has 3 saturated heterocycles. The van der Waals surface area contributed by atoms with Crippen molar-refractivity contribution in [3.8, 4) is 0 Å². The van der Waals surface area contributed by atoms with Crippen LogP contribution in [-0.4, -0.2) is 55.9 Å². The van der Waals surface area contributed by atoms with E-state index in [1.807, 2.05) is 4.90 Å². The molecule has 1 unspecified atom stereocenters. The molecule has 0 saturated carbocycles. The number of carbonyl (C=O) groups is 1. The first kappa shape index (κ1) is 12.4. The van der Waals surface area contributed by atoms with Gasteiger partial charge in [-0.15, -0.1) is 0 Å². The largest absolute Gasteiger partial charge is 0.337 e. The van der Waals surface area contributed by atoms with Gasteiger partial charge in [-0.05, 0) is 25.2 Å². The SMILES string of the molecule is O=C(C1CCCCS1(=O)=O)N1CC[C@H]2CNC[C@H]21. The van der Waals surface area contributed by atoms with Gasteiger partial charge in [-0.25, -0.2) is 8.42 Å². The van der Waals surface area contributed by atoms with Gasteiger partial charge in [-0.1, -0.05) is 6.42 Å². The molecule has 0 radical (unpaired) electrons. The van der Waals surface area contributed by atoms with E-state index in [1.165, 1.54) is 0 Å². The maximum Gasteiger partial charge on any atom is 0.241 e. The average molecular weight is 272 g/mol. The Morgan fingerprint density at radius 1 is 1.17 bits per heavy atom. The van der Waals surface area contributed by atoms with Crippen LogP contribution in [0, 0.1) is 5.92 Å². The Morgan fingerprint density at radius 2 is 2.00 bits per heavy atom. The van der Waals surface area contributed by atoms with E-state index < -0.39 is 15.1 Å². The summed E-state index contributed by atoms with van der Waals surface area (Å²) in [5.41, 5.74) is 0. The van der Waals surface area contributed by atoms with Crippen LogP contribution < -0.4 is 5.32 Å². The molecule has 3 rings (SSSR count). The van der Waals surface area contributed by atoms with Crippen molar-refractivity contribution in [1.29, 1.82) is 0 Å². The third-order valence-electron chi connectivity index (χ3n) is 4.58. The van der Waals surface area contributed by atoms with Gasteiger partial charge in [0.25, 0.3) is 0 Å². The monoisotopic (exact) mass is 272 g/mol. The quantitative estimate of drug-likeness (QED) is 0.716. The van der Waals surface area contributed by atoms with Gasteiger partial charge in [0.1, 0.15) is 5.25 Å². The summed E-state index contributed by atoms with van der Waals surface area (Å²) in [5, 5.41) is 2.53. The molecule has 3 aliphatic heterocycles. The van der Waals surface area contributed by atoms with Crippen molar-refractivity contribution in [2.24, 2.45) is 5.92 Å². The topological polar surface area (TPSA) is 66.5 Å². The molecule has 1 amide bonds. The molecule has 3 atom stereocenters. The van der Waals surface area contributed by atoms with Crippen molar-refractivity contribution in [3.05, 3.63) is 0 Å². The number of sulfone groups is 1. The Bertz CT molecular complexity index is 448. The van der Waals surface area contributed by atoms with E-state index in [4.69, 9.17) is 0 Å². The molecule has 6 heteroatoms. The summed E-state index contributed by atoms with van der Waals surface area (Å²) in [6, 6.07) is 0.231. The van der Waals surface area contributed by atoms with E-state index in [9.17, 15) is 13.2 Å². The minimum absolute atomic E-state index is 0.133. The molecule has 1 N–H and O–H groups in total. The van der Waals surface area contributed by atoms with Crippen LogP contribution in [0.5, 0.6) is 0 Å². The molecule has 18 heavy (non-hydrogen) atoms. The van der Waals surface area contributed by atoms with Gasteiger partial charge in [0.15, 0.2) is 9.84 Å². The van der Waals surface area contributed by atoms with Crippen LogP contribution in [-0.2, 0) is 14.6 Å². The van der Waals surface area contributed by atoms with E-state index in [1.54, 1.807) is 0 Å². The normalized spacial score (nSPS) is 38.7. The van der Waals surface area contributed by atoms with Gasteiger partial charge in [0.05, 0.1) is 5.75 Å². The van der Waals surface area contributed by atoms with Crippen molar-refractivity contribution < 1.29 is 13.2 Å². The number of fused-ring (bicyclic) bond motifs is 1. The Hall–Kier alpha value is -0.620. The fraction of sp³-hybridized carbons (Fsp3) is 0.917. The predicted molar refractivity (Wildman–Crippen MR) is 67.9 cm³/mol. The standard InChI is InChI=1S/C12H20N2O3S/c15-12(11-3-1-2-6-18(11,16)17)14-5-4-9-7-13-8-10(9)14/h9-11,13H,1-8H2/t9-,10+,11?/m0/s1. The number of carbonyl (C=O) groups excluding carboxylic acids is 1. The second-order valence-corrected chi connectivity index (χ2v) is 7.96. The second-order valence-electron chi connectivity index (χ2n) is 5.66. The number of likely N-dealkylation sites (tertiary alicyclic amines) is 1. The summed E-state index contributed by atoms with van der Waals surface area (Å²) in [6.07, 6.45) is 3.09. The molecular weight excluding hydrogens is 252 g/mol. The van der Waals surface area contributed by atoms with Gasteiger partial charge in [-0.2, -0.15) is 0 Å². The van der Waals surface area contributed by atoms with Gasteiger partial charge in [-0.3, -0.25) is 4.79 Å². The zero-order chi connectivity index (χ0) is 12.8. The summed E-state index contributed by atoms with van der Waals surface area (Å²) in [6.45, 7) is 2.52. The highest BCUT2D eigenvalue weighted by molar-refractivity contribution is 7.92. The van der Waals surface area contributed by atoms with E-state index in [0.717, 1.165) is 32.5 Å². The maximum atomic E-state index is 12.5. The third-order valence-corrected chi connectivity index (χ3v) is 6.74. The first-order chi connectivity index (χ1) is 8.59. The Labute approximate surface area is 108 Å². The second kappa shape index (κ2) is 4.49. The summed E-state index contributed by atoms with van der Waals surface area (Å²) in [4.78, 5) is 14.3. The van der Waals surface area contributed by atoms with Crippen molar-refractivity contribution >= 4 is 15.7 Å². The lowest BCUT2D eigenvalue weighted by atomic mass is 10.0. The predicted octanol–water partition coefficient (Wildman–Crippen LogP) is -0.226. The van der Waals surface area contributed by atoms with Crippen molar-refractivity contribution in [1.82, 2.24) is 10.2 Å². The number of hydrogen-bond acceptors (Lipinski definition) is 4. The van der Waals surface area contributed by atoms with Gasteiger partial charge < -0.3 is 10.2 Å². The molecule has 3 heterocycles. The highest BCUT2D eigenvalue weighted by atomic mass is 32.2. The number of rotatable bonds is 1. The molecule has 0 aromatic carbocycles. The number of nitrogens with zero attached hydrogens (tertiary/aromatic N) is 1. The molecule has 102 valence electrons. The first-order valence-electron chi connectivity index (χ1n) is 6.82. The summed E-state index contributed by atoms with van der Waals surface area (Å²) in [7, 11) is -3.20. The van der Waals surface area contributed by atoms with E-state index >= 15 is 0 Å². The van der Waals surface area contributed by atoms with Crippen molar-refractivity contribution in [2.75, 3.05) is 25.4 Å². The molecule has 0 spiro atoms. The van der Waals surface area contributed by atoms with E-state index in [2.05, 4.69) is 5.32 Å². The lowest BCUT2D eigenvalue weighted by Crippen LogP contribution is -2.48. The van der Waals surface area contributed by atoms with Crippen LogP contribution in [0.3, 0.4) is 0 Å². The minimum atomic E-state index is -3.20. The van der Waals surface area contributed by atoms with Crippen LogP contribution in [0.1, 0.15) is 25.7 Å². The molecule has 0 bridgehead atoms. The van der Waals surface area contributed by atoms with E-state index in [-0.39, 0.29) is 17.7 Å². The molecule has 0 aromatic heterocycles. The Kier molecular flexibility index (Phi) is 3.10. The van der Waals surface area contributed by atoms with E-state index in [0.29, 0.717) is 18.8 Å². The number of hydrogen-bond donors (Lipinski definition) is 1. The van der Waals surface area contributed by atoms with Crippen LogP contribution in [0.25, 0.3) is 0 Å². The maximum absolute atomic E-state index is 12.5. The zero-order valence-corrected chi connectivity index (χ0v) is 11.3. The van der Waals surface area contributed by atoms with Crippen molar-refractivity contribution in [2.45, 2.75) is 37.0 Å². The van der Waals surface area contributed by atoms with Crippen LogP contribution in [0.4, 0.5) is 0 Å². The van der Waals surface area contributed by atoms with Crippen LogP contribution in [0.15, 0.2) is 0 Å². The Morgan fingerprint density at radius 3 is 2.78 bits per heavy atom. The number of amides is 1. The average Bonchev–Trinajstić information content (AvgIpc) is 2.89. The van der Waals surface area contributed by atoms with Crippen LogP contribution in [0.2, 0.25) is 0 Å². The molecule has 0 aliphatic carbocycles. The number of nitrogens with one attached hydrogen (secondary N) is 1. The van der Waals surface area contributed by atoms with Gasteiger partial charge >= 0.3 is 0 Å². The fourth-order valence-corrected chi connectivity index (χ4v) is 5.40. The lowest BCUT2D eigenvalue weighted by molar-refractivity contribution is -0.131. The molecule has 3 aliphatic rings. The smallest absolute Gasteiger partial charge is 0.241 e. The summed E-state index contributed by atoms with van der Waals surface area (Å²) < 4.78 is 24.0. The lowest BCUT2D eigenvalue weighted by Gasteiger charge is -2.29. The highest BCUT2D eigenvalue weighted by Gasteiger charge is 2.45. The third kappa shape index (κ3) is 1.95. The van der Waals surface area contributed by atoms with Crippen LogP contribution >= 0.6 is 0 Å². The fourth-order valence-electron chi connectivity index (χ4n) is 3.54. The highest BCUT2D eigenvalue weighted by Crippen LogP contribution is 2.30. The zero-order valence-electron chi connectivity index (χ0n) is 10.5. The first-order valence-corrected chi connectivity index (χ1v) is 8.54. The molecular formula is C12H20N2O3S. The van der Waals surface area contributed by atoms with Gasteiger partial charge in [0.2, 0.25) is 5.91 Å². The minimum Gasteiger partial charge on any atom is -0.337 e. The summed E-state index contributed by atoms with van der Waals surface area (Å²) in [5.74, 6) is 0.579. The van der Waals surface area contributed by atoms with Crippen molar-refractivity contribution in [3.63, 3.8) is 0 Å². The van der Waals surface area contributed by atoms with Gasteiger partial charge in [0, 0.05) is 25.7 Å². The Balaban J connectivity index is 1.78.